The molecule has 0 aliphatic carbocycles. The van der Waals surface area contributed by atoms with E-state index >= 15 is 0 Å². The molecule has 1 unspecified atom stereocenters. The van der Waals surface area contributed by atoms with Gasteiger partial charge < -0.3 is 4.57 Å². The monoisotopic (exact) mass is 318 g/mol. The molecule has 1 atom stereocenters. The van der Waals surface area contributed by atoms with E-state index in [1.54, 1.807) is 11.8 Å². The Labute approximate surface area is 132 Å². The Bertz CT molecular complexity index is 573. The number of benzene rings is 2. The minimum absolute atomic E-state index is 0.0438. The number of hydrogen-bond acceptors (Lipinski definition) is 2. The van der Waals surface area contributed by atoms with Gasteiger partial charge in [-0.25, -0.2) is 0 Å². The molecule has 0 aliphatic rings. The van der Waals surface area contributed by atoms with Crippen LogP contribution in [0.5, 0.6) is 0 Å². The van der Waals surface area contributed by atoms with Crippen molar-refractivity contribution in [2.45, 2.75) is 37.4 Å². The van der Waals surface area contributed by atoms with Gasteiger partial charge in [0.1, 0.15) is 0 Å². The minimum Gasteiger partial charge on any atom is -0.312 e. The molecule has 2 rings (SSSR count). The third-order valence-corrected chi connectivity index (χ3v) is 8.73. The zero-order chi connectivity index (χ0) is 15.5. The van der Waals surface area contributed by atoms with Crippen molar-refractivity contribution in [3.63, 3.8) is 0 Å². The minimum atomic E-state index is -2.65. The summed E-state index contributed by atoms with van der Waals surface area (Å²) in [4.78, 5) is 0.0438. The quantitative estimate of drug-likeness (QED) is 0.748. The van der Waals surface area contributed by atoms with E-state index in [0.717, 1.165) is 10.6 Å². The highest BCUT2D eigenvalue weighted by atomic mass is 32.2. The van der Waals surface area contributed by atoms with Crippen LogP contribution in [-0.2, 0) is 4.57 Å². The summed E-state index contributed by atoms with van der Waals surface area (Å²) in [6.07, 6.45) is 0. The summed E-state index contributed by atoms with van der Waals surface area (Å²) in [6.45, 7) is 8.62. The molecule has 0 aliphatic heterocycles. The molecule has 112 valence electrons. The first-order valence-corrected chi connectivity index (χ1v) is 9.88. The molecule has 2 aromatic carbocycles. The van der Waals surface area contributed by atoms with Crippen molar-refractivity contribution in [1.82, 2.24) is 0 Å². The van der Waals surface area contributed by atoms with Crippen LogP contribution in [0.1, 0.15) is 27.7 Å². The summed E-state index contributed by atoms with van der Waals surface area (Å²) >= 11 is 1.79. The van der Waals surface area contributed by atoms with E-state index < -0.39 is 7.14 Å². The summed E-state index contributed by atoms with van der Waals surface area (Å²) < 4.78 is 14.1. The van der Waals surface area contributed by atoms with Gasteiger partial charge >= 0.3 is 0 Å². The molecule has 0 fully saturated rings. The molecule has 0 bridgehead atoms. The van der Waals surface area contributed by atoms with E-state index in [0.29, 0.717) is 0 Å². The number of hydrogen-bond donors (Lipinski definition) is 0. The number of rotatable bonds is 4. The predicted octanol–water partition coefficient (Wildman–Crippen LogP) is 4.88. The van der Waals surface area contributed by atoms with Gasteiger partial charge in [-0.05, 0) is 6.92 Å². The van der Waals surface area contributed by atoms with Gasteiger partial charge in [0.15, 0.2) is 7.14 Å². The van der Waals surface area contributed by atoms with Gasteiger partial charge in [0.2, 0.25) is 0 Å². The van der Waals surface area contributed by atoms with Crippen molar-refractivity contribution >= 4 is 29.5 Å². The van der Waals surface area contributed by atoms with Gasteiger partial charge in [0.05, 0.1) is 4.99 Å². The Kier molecular flexibility index (Phi) is 5.01. The Hall–Kier alpha value is -0.980. The van der Waals surface area contributed by atoms with E-state index in [4.69, 9.17) is 0 Å². The topological polar surface area (TPSA) is 17.1 Å². The van der Waals surface area contributed by atoms with Crippen LogP contribution in [0, 0.1) is 0 Å². The second-order valence-corrected chi connectivity index (χ2v) is 11.8. The van der Waals surface area contributed by atoms with E-state index in [9.17, 15) is 4.57 Å². The van der Waals surface area contributed by atoms with Crippen molar-refractivity contribution in [2.24, 2.45) is 0 Å². The molecule has 0 heterocycles. The van der Waals surface area contributed by atoms with Gasteiger partial charge in [-0.2, -0.15) is 0 Å². The van der Waals surface area contributed by atoms with Crippen LogP contribution in [0.2, 0.25) is 0 Å². The molecule has 0 saturated carbocycles. The molecule has 0 N–H and O–H groups in total. The highest BCUT2D eigenvalue weighted by Crippen LogP contribution is 2.55. The van der Waals surface area contributed by atoms with Gasteiger partial charge in [-0.1, -0.05) is 81.4 Å². The van der Waals surface area contributed by atoms with E-state index in [1.165, 1.54) is 0 Å². The van der Waals surface area contributed by atoms with Crippen LogP contribution in [0.15, 0.2) is 60.7 Å². The summed E-state index contributed by atoms with van der Waals surface area (Å²) in [5.74, 6) is 0. The second kappa shape index (κ2) is 6.42. The number of thioether (sulfide) groups is 1. The van der Waals surface area contributed by atoms with E-state index in [-0.39, 0.29) is 9.74 Å². The van der Waals surface area contributed by atoms with Crippen LogP contribution in [0.4, 0.5) is 0 Å². The fourth-order valence-electron chi connectivity index (χ4n) is 2.45. The normalized spacial score (nSPS) is 13.9. The third-order valence-electron chi connectivity index (χ3n) is 3.32. The molecule has 0 aromatic heterocycles. The van der Waals surface area contributed by atoms with Gasteiger partial charge in [0, 0.05) is 15.4 Å². The highest BCUT2D eigenvalue weighted by molar-refractivity contribution is 8.09. The van der Waals surface area contributed by atoms with Crippen molar-refractivity contribution < 1.29 is 4.57 Å². The maximum atomic E-state index is 14.0. The fourth-order valence-corrected chi connectivity index (χ4v) is 8.12. The van der Waals surface area contributed by atoms with E-state index in [2.05, 4.69) is 27.7 Å². The SMILES string of the molecule is CC(SC(C)(C)C)P(=O)(c1ccccc1)c1ccccc1. The zero-order valence-electron chi connectivity index (χ0n) is 13.1. The molecular formula is C18H23OPS. The lowest BCUT2D eigenvalue weighted by Gasteiger charge is -2.30. The lowest BCUT2D eigenvalue weighted by Crippen LogP contribution is -2.25. The molecule has 3 heteroatoms. The molecule has 0 radical (unpaired) electrons. The first-order chi connectivity index (χ1) is 9.84. The van der Waals surface area contributed by atoms with Crippen molar-refractivity contribution in [3.8, 4) is 0 Å². The molecule has 0 amide bonds. The summed E-state index contributed by atoms with van der Waals surface area (Å²) in [6, 6.07) is 19.8. The Balaban J connectivity index is 2.53. The standard InChI is InChI=1S/C18H23OPS/c1-15(21-18(2,3)4)20(19,16-11-7-5-8-12-16)17-13-9-6-10-14-17/h5-15H,1-4H3. The maximum absolute atomic E-state index is 14.0. The summed E-state index contributed by atoms with van der Waals surface area (Å²) in [7, 11) is -2.65. The molecule has 0 saturated heterocycles. The Morgan fingerprint density at radius 1 is 0.857 bits per heavy atom. The third kappa shape index (κ3) is 3.81. The lowest BCUT2D eigenvalue weighted by molar-refractivity contribution is 0.586. The zero-order valence-corrected chi connectivity index (χ0v) is 14.8. The van der Waals surface area contributed by atoms with Crippen molar-refractivity contribution in [2.75, 3.05) is 0 Å². The van der Waals surface area contributed by atoms with Crippen molar-refractivity contribution in [1.29, 1.82) is 0 Å². The van der Waals surface area contributed by atoms with Crippen LogP contribution in [-0.4, -0.2) is 9.74 Å². The second-order valence-electron chi connectivity index (χ2n) is 6.16. The van der Waals surface area contributed by atoms with Gasteiger partial charge in [-0.3, -0.25) is 0 Å². The smallest absolute Gasteiger partial charge is 0.155 e. The highest BCUT2D eigenvalue weighted by Gasteiger charge is 2.36. The lowest BCUT2D eigenvalue weighted by atomic mass is 10.3. The molecule has 2 aromatic rings. The van der Waals surface area contributed by atoms with Gasteiger partial charge in [-0.15, -0.1) is 11.8 Å². The molecule has 1 nitrogen and oxygen atoms in total. The first kappa shape index (κ1) is 16.4. The van der Waals surface area contributed by atoms with Crippen LogP contribution >= 0.6 is 18.9 Å². The maximum Gasteiger partial charge on any atom is 0.155 e. The van der Waals surface area contributed by atoms with Crippen molar-refractivity contribution in [3.05, 3.63) is 60.7 Å². The van der Waals surface area contributed by atoms with Gasteiger partial charge in [0.25, 0.3) is 0 Å². The summed E-state index contributed by atoms with van der Waals surface area (Å²) in [5, 5.41) is 1.89. The average molecular weight is 318 g/mol. The van der Waals surface area contributed by atoms with Crippen LogP contribution in [0.25, 0.3) is 0 Å². The van der Waals surface area contributed by atoms with Crippen LogP contribution in [0.3, 0.4) is 0 Å². The fraction of sp³-hybridized carbons (Fsp3) is 0.333. The largest absolute Gasteiger partial charge is 0.312 e. The Morgan fingerprint density at radius 3 is 1.57 bits per heavy atom. The average Bonchev–Trinajstić information content (AvgIpc) is 2.46. The predicted molar refractivity (Wildman–Crippen MR) is 96.6 cm³/mol. The van der Waals surface area contributed by atoms with E-state index in [1.807, 2.05) is 60.7 Å². The molecule has 0 spiro atoms. The summed E-state index contributed by atoms with van der Waals surface area (Å²) in [5.41, 5.74) is 0. The molecular weight excluding hydrogens is 295 g/mol. The van der Waals surface area contributed by atoms with Crippen LogP contribution < -0.4 is 10.6 Å². The first-order valence-electron chi connectivity index (χ1n) is 7.23. The Morgan fingerprint density at radius 2 is 1.24 bits per heavy atom. The molecule has 21 heavy (non-hydrogen) atoms.